The number of carbonyl (C=O) groups is 2. The third kappa shape index (κ3) is 2.69. The zero-order valence-electron chi connectivity index (χ0n) is 11.8. The predicted molar refractivity (Wildman–Crippen MR) is 82.6 cm³/mol. The van der Waals surface area contributed by atoms with E-state index in [4.69, 9.17) is 0 Å². The van der Waals surface area contributed by atoms with Gasteiger partial charge in [0.1, 0.15) is 6.04 Å². The van der Waals surface area contributed by atoms with E-state index in [9.17, 15) is 9.59 Å². The van der Waals surface area contributed by atoms with Crippen LogP contribution in [-0.4, -0.2) is 41.0 Å². The molecule has 110 valence electrons. The second kappa shape index (κ2) is 5.33. The van der Waals surface area contributed by atoms with E-state index in [1.807, 2.05) is 25.1 Å². The summed E-state index contributed by atoms with van der Waals surface area (Å²) >= 11 is 1.62. The number of hydrogen-bond donors (Lipinski definition) is 2. The summed E-state index contributed by atoms with van der Waals surface area (Å²) < 4.78 is 1.08. The molecule has 0 bridgehead atoms. The molecule has 3 rings (SSSR count). The van der Waals surface area contributed by atoms with Crippen molar-refractivity contribution in [1.29, 1.82) is 0 Å². The zero-order chi connectivity index (χ0) is 15.0. The zero-order valence-corrected chi connectivity index (χ0v) is 12.7. The Morgan fingerprint density at radius 2 is 2.33 bits per heavy atom. The number of nitrogens with zero attached hydrogens (tertiary/aromatic N) is 2. The predicted octanol–water partition coefficient (Wildman–Crippen LogP) is 1.96. The van der Waals surface area contributed by atoms with Gasteiger partial charge in [-0.3, -0.25) is 9.69 Å². The summed E-state index contributed by atoms with van der Waals surface area (Å²) in [6, 6.07) is 5.03. The molecule has 0 spiro atoms. The number of nitrogens with one attached hydrogen (secondary N) is 2. The van der Waals surface area contributed by atoms with Gasteiger partial charge in [-0.1, -0.05) is 0 Å². The maximum absolute atomic E-state index is 12.2. The number of anilines is 1. The van der Waals surface area contributed by atoms with Gasteiger partial charge in [-0.2, -0.15) is 0 Å². The molecular formula is C14H16N4O2S. The summed E-state index contributed by atoms with van der Waals surface area (Å²) in [4.78, 5) is 29.4. The Balaban J connectivity index is 1.74. The molecular weight excluding hydrogens is 288 g/mol. The van der Waals surface area contributed by atoms with E-state index in [2.05, 4.69) is 15.6 Å². The Morgan fingerprint density at radius 1 is 1.52 bits per heavy atom. The van der Waals surface area contributed by atoms with Crippen LogP contribution < -0.4 is 10.6 Å². The highest BCUT2D eigenvalue weighted by Crippen LogP contribution is 2.25. The van der Waals surface area contributed by atoms with E-state index in [1.54, 1.807) is 18.3 Å². The van der Waals surface area contributed by atoms with Crippen LogP contribution in [0.4, 0.5) is 10.5 Å². The van der Waals surface area contributed by atoms with E-state index in [0.29, 0.717) is 13.1 Å². The van der Waals surface area contributed by atoms with Crippen LogP contribution in [0.3, 0.4) is 0 Å². The van der Waals surface area contributed by atoms with Gasteiger partial charge >= 0.3 is 6.03 Å². The van der Waals surface area contributed by atoms with Gasteiger partial charge in [-0.05, 0) is 32.0 Å². The molecule has 21 heavy (non-hydrogen) atoms. The van der Waals surface area contributed by atoms with Crippen molar-refractivity contribution in [2.75, 3.05) is 18.4 Å². The van der Waals surface area contributed by atoms with Crippen LogP contribution >= 0.6 is 11.3 Å². The fourth-order valence-electron chi connectivity index (χ4n) is 2.36. The molecule has 0 aliphatic carbocycles. The lowest BCUT2D eigenvalue weighted by atomic mass is 10.2. The molecule has 1 aliphatic rings. The fraction of sp³-hybridized carbons (Fsp3) is 0.357. The number of fused-ring (bicyclic) bond motifs is 1. The summed E-state index contributed by atoms with van der Waals surface area (Å²) in [5.41, 5.74) is 1.81. The Hall–Kier alpha value is -2.15. The summed E-state index contributed by atoms with van der Waals surface area (Å²) in [5, 5.41) is 6.79. The number of imide groups is 1. The molecule has 1 aromatic heterocycles. The summed E-state index contributed by atoms with van der Waals surface area (Å²) in [7, 11) is 0. The van der Waals surface area contributed by atoms with E-state index < -0.39 is 6.04 Å². The number of urea groups is 1. The van der Waals surface area contributed by atoms with Crippen LogP contribution in [0.2, 0.25) is 0 Å². The molecule has 2 heterocycles. The molecule has 2 N–H and O–H groups in total. The molecule has 0 radical (unpaired) electrons. The van der Waals surface area contributed by atoms with Gasteiger partial charge in [0.25, 0.3) is 5.91 Å². The van der Waals surface area contributed by atoms with Crippen LogP contribution in [0.1, 0.15) is 11.9 Å². The number of benzene rings is 1. The van der Waals surface area contributed by atoms with Crippen molar-refractivity contribution in [2.24, 2.45) is 0 Å². The van der Waals surface area contributed by atoms with E-state index in [0.717, 1.165) is 20.9 Å². The average Bonchev–Trinajstić information content (AvgIpc) is 3.02. The molecule has 6 nitrogen and oxygen atoms in total. The molecule has 1 saturated heterocycles. The van der Waals surface area contributed by atoms with Gasteiger partial charge in [-0.15, -0.1) is 11.3 Å². The SMILES string of the molecule is Cc1nc2ccc(N[C@@H](C)C(=O)N3CCNC3=O)cc2s1. The van der Waals surface area contributed by atoms with Gasteiger partial charge in [0.15, 0.2) is 0 Å². The quantitative estimate of drug-likeness (QED) is 0.909. The van der Waals surface area contributed by atoms with E-state index in [-0.39, 0.29) is 11.9 Å². The molecule has 0 saturated carbocycles. The Bertz CT molecular complexity index is 712. The first-order valence-corrected chi connectivity index (χ1v) is 7.59. The second-order valence-electron chi connectivity index (χ2n) is 5.00. The van der Waals surface area contributed by atoms with Gasteiger partial charge < -0.3 is 10.6 Å². The minimum Gasteiger partial charge on any atom is -0.374 e. The first-order valence-electron chi connectivity index (χ1n) is 6.77. The first kappa shape index (κ1) is 13.8. The second-order valence-corrected chi connectivity index (χ2v) is 6.24. The van der Waals surface area contributed by atoms with Crippen molar-refractivity contribution < 1.29 is 9.59 Å². The molecule has 0 unspecified atom stereocenters. The topological polar surface area (TPSA) is 74.3 Å². The van der Waals surface area contributed by atoms with Gasteiger partial charge in [0, 0.05) is 18.8 Å². The summed E-state index contributed by atoms with van der Waals surface area (Å²) in [6.45, 7) is 4.67. The number of aryl methyl sites for hydroxylation is 1. The largest absolute Gasteiger partial charge is 0.374 e. The number of rotatable bonds is 3. The van der Waals surface area contributed by atoms with Gasteiger partial charge in [0.2, 0.25) is 0 Å². The van der Waals surface area contributed by atoms with Crippen molar-refractivity contribution in [3.63, 3.8) is 0 Å². The first-order chi connectivity index (χ1) is 10.0. The van der Waals surface area contributed by atoms with E-state index in [1.165, 1.54) is 4.90 Å². The van der Waals surface area contributed by atoms with Crippen LogP contribution in [0, 0.1) is 6.92 Å². The van der Waals surface area contributed by atoms with Gasteiger partial charge in [0.05, 0.1) is 15.2 Å². The minimum absolute atomic E-state index is 0.217. The lowest BCUT2D eigenvalue weighted by Crippen LogP contribution is -2.43. The molecule has 1 aromatic carbocycles. The highest BCUT2D eigenvalue weighted by atomic mass is 32.1. The highest BCUT2D eigenvalue weighted by Gasteiger charge is 2.29. The number of amides is 3. The maximum Gasteiger partial charge on any atom is 0.324 e. The highest BCUT2D eigenvalue weighted by molar-refractivity contribution is 7.18. The van der Waals surface area contributed by atoms with Crippen LogP contribution in [0.15, 0.2) is 18.2 Å². The third-order valence-electron chi connectivity index (χ3n) is 3.37. The lowest BCUT2D eigenvalue weighted by molar-refractivity contribution is -0.128. The Kier molecular flexibility index (Phi) is 3.50. The number of carbonyl (C=O) groups excluding carboxylic acids is 2. The standard InChI is InChI=1S/C14H16N4O2S/c1-8(13(19)18-6-5-15-14(18)20)16-10-3-4-11-12(7-10)21-9(2)17-11/h3-4,7-8,16H,5-6H2,1-2H3,(H,15,20)/t8-/m0/s1. The number of hydrogen-bond acceptors (Lipinski definition) is 5. The van der Waals surface area contributed by atoms with Crippen LogP contribution in [-0.2, 0) is 4.79 Å². The van der Waals surface area contributed by atoms with Crippen LogP contribution in [0.25, 0.3) is 10.2 Å². The van der Waals surface area contributed by atoms with Crippen molar-refractivity contribution in [1.82, 2.24) is 15.2 Å². The smallest absolute Gasteiger partial charge is 0.324 e. The maximum atomic E-state index is 12.2. The lowest BCUT2D eigenvalue weighted by Gasteiger charge is -2.19. The van der Waals surface area contributed by atoms with Crippen LogP contribution in [0.5, 0.6) is 0 Å². The Morgan fingerprint density at radius 3 is 3.05 bits per heavy atom. The van der Waals surface area contributed by atoms with Crippen molar-refractivity contribution >= 4 is 39.2 Å². The average molecular weight is 304 g/mol. The summed E-state index contributed by atoms with van der Waals surface area (Å²) in [5.74, 6) is -0.217. The molecule has 1 atom stereocenters. The van der Waals surface area contributed by atoms with Crippen molar-refractivity contribution in [3.8, 4) is 0 Å². The molecule has 2 aromatic rings. The van der Waals surface area contributed by atoms with Crippen molar-refractivity contribution in [2.45, 2.75) is 19.9 Å². The molecule has 7 heteroatoms. The van der Waals surface area contributed by atoms with Gasteiger partial charge in [-0.25, -0.2) is 9.78 Å². The van der Waals surface area contributed by atoms with Crippen molar-refractivity contribution in [3.05, 3.63) is 23.2 Å². The molecule has 1 aliphatic heterocycles. The normalized spacial score (nSPS) is 16.1. The minimum atomic E-state index is -0.458. The number of thiazole rings is 1. The number of aromatic nitrogens is 1. The Labute approximate surface area is 126 Å². The molecule has 1 fully saturated rings. The monoisotopic (exact) mass is 304 g/mol. The summed E-state index contributed by atoms with van der Waals surface area (Å²) in [6.07, 6.45) is 0. The molecule has 3 amide bonds. The van der Waals surface area contributed by atoms with E-state index >= 15 is 0 Å². The third-order valence-corrected chi connectivity index (χ3v) is 4.31. The fourth-order valence-corrected chi connectivity index (χ4v) is 3.22.